The smallest absolute Gasteiger partial charge is 0.251 e. The summed E-state index contributed by atoms with van der Waals surface area (Å²) in [6.45, 7) is 2.11. The summed E-state index contributed by atoms with van der Waals surface area (Å²) in [6.07, 6.45) is 2.13. The molecule has 0 aliphatic heterocycles. The van der Waals surface area contributed by atoms with Crippen LogP contribution in [0, 0.1) is 0 Å². The molecule has 0 aliphatic rings. The average Bonchev–Trinajstić information content (AvgIpc) is 2.50. The van der Waals surface area contributed by atoms with Gasteiger partial charge in [-0.2, -0.15) is 11.8 Å². The van der Waals surface area contributed by atoms with Gasteiger partial charge < -0.3 is 4.98 Å². The van der Waals surface area contributed by atoms with E-state index in [0.717, 1.165) is 41.0 Å². The van der Waals surface area contributed by atoms with Crippen LogP contribution in [-0.2, 0) is 12.2 Å². The molecule has 2 aromatic rings. The first kappa shape index (κ1) is 16.2. The van der Waals surface area contributed by atoms with E-state index in [1.54, 1.807) is 29.6 Å². The van der Waals surface area contributed by atoms with E-state index in [9.17, 15) is 4.79 Å². The third kappa shape index (κ3) is 5.98. The second kappa shape index (κ2) is 8.95. The van der Waals surface area contributed by atoms with Crippen molar-refractivity contribution in [2.75, 3.05) is 11.5 Å². The summed E-state index contributed by atoms with van der Waals surface area (Å²) >= 11 is 3.41. The molecular formula is C16H20N2OS2. The topological polar surface area (TPSA) is 45.8 Å². The van der Waals surface area contributed by atoms with Gasteiger partial charge in [-0.3, -0.25) is 4.79 Å². The van der Waals surface area contributed by atoms with Crippen LogP contribution in [0.2, 0.25) is 0 Å². The van der Waals surface area contributed by atoms with Crippen LogP contribution in [0.25, 0.3) is 0 Å². The van der Waals surface area contributed by atoms with E-state index >= 15 is 0 Å². The van der Waals surface area contributed by atoms with E-state index in [0.29, 0.717) is 0 Å². The molecule has 0 saturated heterocycles. The number of benzene rings is 1. The van der Waals surface area contributed by atoms with Crippen molar-refractivity contribution in [2.45, 2.75) is 30.7 Å². The lowest BCUT2D eigenvalue weighted by Crippen LogP contribution is -2.09. The molecule has 0 unspecified atom stereocenters. The Labute approximate surface area is 134 Å². The van der Waals surface area contributed by atoms with Crippen LogP contribution in [0.4, 0.5) is 0 Å². The minimum absolute atomic E-state index is 0.0535. The molecule has 0 bridgehead atoms. The molecule has 0 spiro atoms. The first-order valence-corrected chi connectivity index (χ1v) is 9.26. The molecule has 2 rings (SSSR count). The number of thioether (sulfide) groups is 2. The van der Waals surface area contributed by atoms with Crippen molar-refractivity contribution in [2.24, 2.45) is 0 Å². The van der Waals surface area contributed by atoms with Gasteiger partial charge in [-0.1, -0.05) is 49.0 Å². The highest BCUT2D eigenvalue weighted by molar-refractivity contribution is 7.99. The van der Waals surface area contributed by atoms with E-state index in [1.807, 2.05) is 6.07 Å². The lowest BCUT2D eigenvalue weighted by atomic mass is 10.1. The number of nitrogens with one attached hydrogen (secondary N) is 1. The van der Waals surface area contributed by atoms with E-state index in [2.05, 4.69) is 41.2 Å². The lowest BCUT2D eigenvalue weighted by Gasteiger charge is -2.04. The van der Waals surface area contributed by atoms with Crippen molar-refractivity contribution >= 4 is 23.5 Å². The number of aromatic amines is 1. The zero-order chi connectivity index (χ0) is 14.9. The molecule has 0 fully saturated rings. The van der Waals surface area contributed by atoms with Crippen LogP contribution >= 0.6 is 23.5 Å². The van der Waals surface area contributed by atoms with Gasteiger partial charge in [0.05, 0.1) is 5.69 Å². The van der Waals surface area contributed by atoms with Crippen molar-refractivity contribution in [1.82, 2.24) is 9.97 Å². The predicted octanol–water partition coefficient (Wildman–Crippen LogP) is 3.75. The number of H-pyrrole nitrogens is 1. The maximum Gasteiger partial charge on any atom is 0.251 e. The number of rotatable bonds is 8. The number of hydrogen-bond acceptors (Lipinski definition) is 4. The van der Waals surface area contributed by atoms with Gasteiger partial charge in [-0.25, -0.2) is 4.98 Å². The maximum atomic E-state index is 11.6. The minimum Gasteiger partial charge on any atom is -0.301 e. The lowest BCUT2D eigenvalue weighted by molar-refractivity contribution is 0.887. The van der Waals surface area contributed by atoms with Gasteiger partial charge in [0.2, 0.25) is 0 Å². The molecule has 0 amide bonds. The molecule has 21 heavy (non-hydrogen) atoms. The highest BCUT2D eigenvalue weighted by Gasteiger charge is 2.02. The summed E-state index contributed by atoms with van der Waals surface area (Å²) in [5.74, 6) is 2.80. The Hall–Kier alpha value is -1.20. The number of aryl methyl sites for hydroxylation is 1. The molecule has 1 aromatic carbocycles. The Kier molecular flexibility index (Phi) is 6.89. The van der Waals surface area contributed by atoms with Gasteiger partial charge in [0.1, 0.15) is 0 Å². The Balaban J connectivity index is 1.82. The Morgan fingerprint density at radius 1 is 1.24 bits per heavy atom. The molecule has 0 radical (unpaired) electrons. The molecular weight excluding hydrogens is 300 g/mol. The third-order valence-corrected chi connectivity index (χ3v) is 4.79. The highest BCUT2D eigenvalue weighted by atomic mass is 32.2. The van der Waals surface area contributed by atoms with E-state index in [4.69, 9.17) is 0 Å². The fraction of sp³-hybridized carbons (Fsp3) is 0.375. The Bertz CT molecular complexity index is 599. The third-order valence-electron chi connectivity index (χ3n) is 2.92. The minimum atomic E-state index is -0.0535. The molecule has 112 valence electrons. The first-order chi connectivity index (χ1) is 10.3. The normalized spacial score (nSPS) is 10.7. The summed E-state index contributed by atoms with van der Waals surface area (Å²) in [5, 5.41) is 0.738. The summed E-state index contributed by atoms with van der Waals surface area (Å²) < 4.78 is 0. The summed E-state index contributed by atoms with van der Waals surface area (Å²) in [6, 6.07) is 12.1. The highest BCUT2D eigenvalue weighted by Crippen LogP contribution is 2.16. The van der Waals surface area contributed by atoms with Crippen molar-refractivity contribution in [3.8, 4) is 0 Å². The molecule has 1 heterocycles. The first-order valence-electron chi connectivity index (χ1n) is 7.12. The van der Waals surface area contributed by atoms with Crippen LogP contribution in [0.1, 0.15) is 24.6 Å². The quantitative estimate of drug-likeness (QED) is 0.457. The van der Waals surface area contributed by atoms with Crippen molar-refractivity contribution in [3.63, 3.8) is 0 Å². The molecule has 5 heteroatoms. The van der Waals surface area contributed by atoms with Crippen molar-refractivity contribution in [1.29, 1.82) is 0 Å². The summed E-state index contributed by atoms with van der Waals surface area (Å²) in [7, 11) is 0. The van der Waals surface area contributed by atoms with E-state index in [1.165, 1.54) is 5.56 Å². The summed E-state index contributed by atoms with van der Waals surface area (Å²) in [4.78, 5) is 18.9. The van der Waals surface area contributed by atoms with Gasteiger partial charge in [-0.05, 0) is 24.2 Å². The largest absolute Gasteiger partial charge is 0.301 e. The van der Waals surface area contributed by atoms with Crippen LogP contribution in [0.3, 0.4) is 0 Å². The van der Waals surface area contributed by atoms with Crippen LogP contribution < -0.4 is 5.56 Å². The zero-order valence-electron chi connectivity index (χ0n) is 12.2. The van der Waals surface area contributed by atoms with Gasteiger partial charge in [0, 0.05) is 17.6 Å². The monoisotopic (exact) mass is 320 g/mol. The van der Waals surface area contributed by atoms with Crippen LogP contribution in [0.15, 0.2) is 46.3 Å². The van der Waals surface area contributed by atoms with Gasteiger partial charge in [0.15, 0.2) is 5.16 Å². The standard InChI is InChI=1S/C16H20N2OS2/c1-2-20-12-14-11-15(19)18-16(17-14)21-10-6-9-13-7-4-3-5-8-13/h3-5,7-8,11H,2,6,9-10,12H2,1H3,(H,17,18,19). The van der Waals surface area contributed by atoms with Gasteiger partial charge >= 0.3 is 0 Å². The predicted molar refractivity (Wildman–Crippen MR) is 92.2 cm³/mol. The van der Waals surface area contributed by atoms with E-state index in [-0.39, 0.29) is 5.56 Å². The molecule has 0 aliphatic carbocycles. The fourth-order valence-electron chi connectivity index (χ4n) is 1.92. The average molecular weight is 320 g/mol. The maximum absolute atomic E-state index is 11.6. The molecule has 3 nitrogen and oxygen atoms in total. The molecule has 1 aromatic heterocycles. The number of hydrogen-bond donors (Lipinski definition) is 1. The zero-order valence-corrected chi connectivity index (χ0v) is 13.8. The number of nitrogens with zero attached hydrogens (tertiary/aromatic N) is 1. The van der Waals surface area contributed by atoms with Crippen molar-refractivity contribution < 1.29 is 0 Å². The van der Waals surface area contributed by atoms with Gasteiger partial charge in [-0.15, -0.1) is 0 Å². The SMILES string of the molecule is CCSCc1cc(=O)[nH]c(SCCCc2ccccc2)n1. The number of aromatic nitrogens is 2. The van der Waals surface area contributed by atoms with E-state index < -0.39 is 0 Å². The molecule has 1 N–H and O–H groups in total. The van der Waals surface area contributed by atoms with Crippen molar-refractivity contribution in [3.05, 3.63) is 58.0 Å². The second-order valence-electron chi connectivity index (χ2n) is 4.62. The fourth-order valence-corrected chi connectivity index (χ4v) is 3.32. The second-order valence-corrected chi connectivity index (χ2v) is 6.97. The summed E-state index contributed by atoms with van der Waals surface area (Å²) in [5.41, 5.74) is 2.17. The van der Waals surface area contributed by atoms with Crippen LogP contribution in [-0.4, -0.2) is 21.5 Å². The van der Waals surface area contributed by atoms with Gasteiger partial charge in [0.25, 0.3) is 5.56 Å². The Morgan fingerprint density at radius 2 is 2.05 bits per heavy atom. The molecule has 0 atom stereocenters. The van der Waals surface area contributed by atoms with Crippen LogP contribution in [0.5, 0.6) is 0 Å². The Morgan fingerprint density at radius 3 is 2.81 bits per heavy atom. The molecule has 0 saturated carbocycles.